The van der Waals surface area contributed by atoms with Crippen molar-refractivity contribution in [3.05, 3.63) is 40.2 Å². The molecule has 3 aromatic rings. The lowest BCUT2D eigenvalue weighted by Gasteiger charge is -2.03. The Balaban J connectivity index is 1.54. The van der Waals surface area contributed by atoms with E-state index >= 15 is 0 Å². The van der Waals surface area contributed by atoms with Crippen molar-refractivity contribution < 1.29 is 4.92 Å². The summed E-state index contributed by atoms with van der Waals surface area (Å²) in [4.78, 5) is 23.9. The third-order valence-electron chi connectivity index (χ3n) is 2.79. The zero-order valence-electron chi connectivity index (χ0n) is 11.4. The summed E-state index contributed by atoms with van der Waals surface area (Å²) in [6.45, 7) is 0.701. The molecule has 8 nitrogen and oxygen atoms in total. The highest BCUT2D eigenvalue weighted by molar-refractivity contribution is 7.99. The molecule has 0 aliphatic carbocycles. The zero-order chi connectivity index (χ0) is 15.4. The molecule has 0 unspecified atom stereocenters. The van der Waals surface area contributed by atoms with E-state index in [0.717, 1.165) is 12.2 Å². The van der Waals surface area contributed by atoms with Crippen molar-refractivity contribution in [2.75, 3.05) is 17.6 Å². The van der Waals surface area contributed by atoms with Crippen LogP contribution in [0, 0.1) is 10.1 Å². The van der Waals surface area contributed by atoms with Gasteiger partial charge in [0.25, 0.3) is 4.96 Å². The maximum atomic E-state index is 11.2. The first kappa shape index (κ1) is 14.7. The summed E-state index contributed by atoms with van der Waals surface area (Å²) < 4.78 is 1.52. The van der Waals surface area contributed by atoms with Crippen LogP contribution < -0.4 is 5.32 Å². The molecule has 3 heterocycles. The molecular formula is C12H12N6O2S2. The van der Waals surface area contributed by atoms with Crippen molar-refractivity contribution in [2.24, 2.45) is 0 Å². The quantitative estimate of drug-likeness (QED) is 0.306. The van der Waals surface area contributed by atoms with Crippen LogP contribution in [0.3, 0.4) is 0 Å². The Labute approximate surface area is 133 Å². The highest BCUT2D eigenvalue weighted by Crippen LogP contribution is 2.31. The summed E-state index contributed by atoms with van der Waals surface area (Å²) >= 11 is 2.78. The summed E-state index contributed by atoms with van der Waals surface area (Å²) in [5.74, 6) is 1.35. The molecule has 0 aromatic carbocycles. The van der Waals surface area contributed by atoms with E-state index in [2.05, 4.69) is 20.3 Å². The molecule has 0 saturated heterocycles. The lowest BCUT2D eigenvalue weighted by atomic mass is 10.5. The Bertz CT molecular complexity index is 772. The van der Waals surface area contributed by atoms with Crippen LogP contribution in [0.2, 0.25) is 0 Å². The molecule has 0 fully saturated rings. The number of nitro groups is 1. The van der Waals surface area contributed by atoms with Crippen LogP contribution in [0.25, 0.3) is 4.96 Å². The number of fused-ring (bicyclic) bond motifs is 1. The van der Waals surface area contributed by atoms with Crippen molar-refractivity contribution in [3.63, 3.8) is 0 Å². The molecule has 0 saturated carbocycles. The van der Waals surface area contributed by atoms with E-state index < -0.39 is 0 Å². The second-order valence-electron chi connectivity index (χ2n) is 4.25. The number of nitrogens with zero attached hydrogens (tertiary/aromatic N) is 5. The molecule has 0 aliphatic rings. The summed E-state index contributed by atoms with van der Waals surface area (Å²) in [5.41, 5.74) is 0. The SMILES string of the molecule is O=[N+]([O-])c1c(SCCCNc2ncccn2)nc2sccn12. The Kier molecular flexibility index (Phi) is 4.49. The minimum Gasteiger partial charge on any atom is -0.358 e. The number of nitrogens with one attached hydrogen (secondary N) is 1. The van der Waals surface area contributed by atoms with E-state index in [-0.39, 0.29) is 10.7 Å². The van der Waals surface area contributed by atoms with Gasteiger partial charge < -0.3 is 15.4 Å². The Hall–Kier alpha value is -2.20. The fraction of sp³-hybridized carbons (Fsp3) is 0.250. The number of hydrogen-bond acceptors (Lipinski definition) is 8. The zero-order valence-corrected chi connectivity index (χ0v) is 13.0. The predicted molar refractivity (Wildman–Crippen MR) is 85.6 cm³/mol. The van der Waals surface area contributed by atoms with Gasteiger partial charge in [0.05, 0.1) is 0 Å². The van der Waals surface area contributed by atoms with Gasteiger partial charge >= 0.3 is 5.82 Å². The third kappa shape index (κ3) is 3.17. The maximum Gasteiger partial charge on any atom is 0.362 e. The fourth-order valence-corrected chi connectivity index (χ4v) is 3.55. The van der Waals surface area contributed by atoms with Crippen molar-refractivity contribution in [3.8, 4) is 0 Å². The minimum absolute atomic E-state index is 0.0422. The second kappa shape index (κ2) is 6.71. The molecule has 0 bridgehead atoms. The normalized spacial score (nSPS) is 10.9. The molecule has 0 aliphatic heterocycles. The molecule has 3 rings (SSSR count). The van der Waals surface area contributed by atoms with Crippen molar-refractivity contribution in [2.45, 2.75) is 11.4 Å². The first-order valence-corrected chi connectivity index (χ1v) is 8.36. The summed E-state index contributed by atoms with van der Waals surface area (Å²) in [5, 5.41) is 16.5. The van der Waals surface area contributed by atoms with E-state index in [1.165, 1.54) is 27.5 Å². The van der Waals surface area contributed by atoms with Gasteiger partial charge in [-0.2, -0.15) is 9.38 Å². The van der Waals surface area contributed by atoms with E-state index in [1.807, 2.05) is 0 Å². The highest BCUT2D eigenvalue weighted by atomic mass is 32.2. The summed E-state index contributed by atoms with van der Waals surface area (Å²) in [7, 11) is 0. The number of thiazole rings is 1. The number of rotatable bonds is 7. The Morgan fingerprint density at radius 1 is 1.41 bits per heavy atom. The van der Waals surface area contributed by atoms with Crippen LogP contribution in [0.15, 0.2) is 35.1 Å². The number of hydrogen-bond donors (Lipinski definition) is 1. The largest absolute Gasteiger partial charge is 0.362 e. The second-order valence-corrected chi connectivity index (χ2v) is 6.21. The first-order chi connectivity index (χ1) is 10.8. The van der Waals surface area contributed by atoms with Gasteiger partial charge in [0, 0.05) is 30.1 Å². The topological polar surface area (TPSA) is 98.2 Å². The van der Waals surface area contributed by atoms with Crippen LogP contribution in [0.4, 0.5) is 11.8 Å². The van der Waals surface area contributed by atoms with Gasteiger partial charge in [0.2, 0.25) is 5.95 Å². The van der Waals surface area contributed by atoms with Gasteiger partial charge in [-0.05, 0) is 17.4 Å². The van der Waals surface area contributed by atoms with Crippen molar-refractivity contribution in [1.29, 1.82) is 0 Å². The van der Waals surface area contributed by atoms with Crippen molar-refractivity contribution in [1.82, 2.24) is 19.4 Å². The molecule has 3 aromatic heterocycles. The van der Waals surface area contributed by atoms with E-state index in [0.29, 0.717) is 22.5 Å². The van der Waals surface area contributed by atoms with Crippen LogP contribution >= 0.6 is 23.1 Å². The average Bonchev–Trinajstić information content (AvgIpc) is 3.08. The number of imidazole rings is 1. The van der Waals surface area contributed by atoms with Crippen LogP contribution in [0.1, 0.15) is 6.42 Å². The summed E-state index contributed by atoms with van der Waals surface area (Å²) in [6, 6.07) is 1.75. The lowest BCUT2D eigenvalue weighted by molar-refractivity contribution is -0.393. The van der Waals surface area contributed by atoms with E-state index in [1.54, 1.807) is 30.0 Å². The Morgan fingerprint density at radius 3 is 3.00 bits per heavy atom. The third-order valence-corrected chi connectivity index (χ3v) is 4.58. The standard InChI is InChI=1S/C12H12N6O2S2/c19-18(20)10-9(16-12-17(10)6-8-22-12)21-7-2-5-15-11-13-3-1-4-14-11/h1,3-4,6,8H,2,5,7H2,(H,13,14,15). The van der Waals surface area contributed by atoms with Gasteiger partial charge in [-0.15, -0.1) is 0 Å². The van der Waals surface area contributed by atoms with Gasteiger partial charge in [0.1, 0.15) is 6.20 Å². The number of aromatic nitrogens is 4. The first-order valence-electron chi connectivity index (χ1n) is 6.49. The fourth-order valence-electron chi connectivity index (χ4n) is 1.85. The van der Waals surface area contributed by atoms with Gasteiger partial charge in [0.15, 0.2) is 5.03 Å². The highest BCUT2D eigenvalue weighted by Gasteiger charge is 2.23. The molecule has 1 N–H and O–H groups in total. The average molecular weight is 336 g/mol. The van der Waals surface area contributed by atoms with Crippen LogP contribution in [-0.4, -0.2) is 36.6 Å². The molecule has 22 heavy (non-hydrogen) atoms. The lowest BCUT2D eigenvalue weighted by Crippen LogP contribution is -2.05. The van der Waals surface area contributed by atoms with Crippen molar-refractivity contribution >= 4 is 39.8 Å². The monoisotopic (exact) mass is 336 g/mol. The number of thioether (sulfide) groups is 1. The molecule has 114 valence electrons. The smallest absolute Gasteiger partial charge is 0.358 e. The molecule has 0 amide bonds. The van der Waals surface area contributed by atoms with Crippen LogP contribution in [-0.2, 0) is 0 Å². The van der Waals surface area contributed by atoms with Gasteiger partial charge in [-0.1, -0.05) is 23.1 Å². The van der Waals surface area contributed by atoms with Gasteiger partial charge in [-0.25, -0.2) is 9.97 Å². The predicted octanol–water partition coefficient (Wildman–Crippen LogP) is 2.69. The maximum absolute atomic E-state index is 11.2. The molecule has 0 spiro atoms. The summed E-state index contributed by atoms with van der Waals surface area (Å²) in [6.07, 6.45) is 5.84. The molecule has 10 heteroatoms. The molecular weight excluding hydrogens is 324 g/mol. The minimum atomic E-state index is -0.384. The van der Waals surface area contributed by atoms with E-state index in [4.69, 9.17) is 0 Å². The van der Waals surface area contributed by atoms with E-state index in [9.17, 15) is 10.1 Å². The number of anilines is 1. The van der Waals surface area contributed by atoms with Crippen LogP contribution in [0.5, 0.6) is 0 Å². The molecule has 0 radical (unpaired) electrons. The van der Waals surface area contributed by atoms with Gasteiger partial charge in [-0.3, -0.25) is 0 Å². The Morgan fingerprint density at radius 2 is 2.23 bits per heavy atom. The molecule has 0 atom stereocenters.